The molecule has 2 amide bonds. The molecule has 2 aromatic carbocycles. The minimum absolute atomic E-state index is 0.00735. The van der Waals surface area contributed by atoms with Gasteiger partial charge in [0.05, 0.1) is 24.6 Å². The lowest BCUT2D eigenvalue weighted by molar-refractivity contribution is -0.115. The molecule has 30 heavy (non-hydrogen) atoms. The molecule has 7 heteroatoms. The monoisotopic (exact) mass is 404 g/mol. The third-order valence-corrected chi connectivity index (χ3v) is 4.46. The van der Waals surface area contributed by atoms with Crippen LogP contribution in [0.4, 0.5) is 5.69 Å². The number of aromatic nitrogens is 2. The molecule has 3 rings (SSSR count). The van der Waals surface area contributed by atoms with Crippen LogP contribution in [0, 0.1) is 0 Å². The van der Waals surface area contributed by atoms with Gasteiger partial charge in [0, 0.05) is 11.1 Å². The number of aromatic hydroxyl groups is 1. The van der Waals surface area contributed by atoms with Crippen molar-refractivity contribution in [1.82, 2.24) is 15.3 Å². The molecular weight excluding hydrogens is 380 g/mol. The Balaban J connectivity index is 1.53. The molecule has 0 aliphatic heterocycles. The molecular formula is C23H24N4O3. The van der Waals surface area contributed by atoms with Gasteiger partial charge in [-0.15, -0.1) is 0 Å². The van der Waals surface area contributed by atoms with Gasteiger partial charge in [-0.1, -0.05) is 45.0 Å². The molecule has 0 saturated heterocycles. The predicted molar refractivity (Wildman–Crippen MR) is 115 cm³/mol. The summed E-state index contributed by atoms with van der Waals surface area (Å²) in [5.41, 5.74) is 2.71. The largest absolute Gasteiger partial charge is 0.508 e. The number of phenolic OH excluding ortho intramolecular Hbond substituents is 1. The Labute approximate surface area is 175 Å². The number of carbonyl (C=O) groups excluding carboxylic acids is 2. The van der Waals surface area contributed by atoms with Crippen molar-refractivity contribution >= 4 is 17.5 Å². The number of amides is 2. The van der Waals surface area contributed by atoms with Crippen LogP contribution < -0.4 is 10.6 Å². The fourth-order valence-corrected chi connectivity index (χ4v) is 2.78. The summed E-state index contributed by atoms with van der Waals surface area (Å²) in [6.07, 6.45) is 2.94. The number of nitrogens with zero attached hydrogens (tertiary/aromatic N) is 2. The average molecular weight is 404 g/mol. The minimum Gasteiger partial charge on any atom is -0.508 e. The summed E-state index contributed by atoms with van der Waals surface area (Å²) in [6.45, 7) is 6.14. The van der Waals surface area contributed by atoms with Crippen molar-refractivity contribution in [2.24, 2.45) is 0 Å². The summed E-state index contributed by atoms with van der Waals surface area (Å²) in [6, 6.07) is 13.9. The molecule has 154 valence electrons. The Morgan fingerprint density at radius 3 is 2.27 bits per heavy atom. The summed E-state index contributed by atoms with van der Waals surface area (Å²) in [5, 5.41) is 14.8. The fraction of sp³-hybridized carbons (Fsp3) is 0.217. The van der Waals surface area contributed by atoms with E-state index in [1.165, 1.54) is 12.4 Å². The number of nitrogens with one attached hydrogen (secondary N) is 2. The molecule has 0 atom stereocenters. The van der Waals surface area contributed by atoms with Crippen LogP contribution in [0.1, 0.15) is 36.7 Å². The Morgan fingerprint density at radius 2 is 1.67 bits per heavy atom. The van der Waals surface area contributed by atoms with E-state index in [1.54, 1.807) is 36.4 Å². The number of hydrogen-bond acceptors (Lipinski definition) is 5. The van der Waals surface area contributed by atoms with Gasteiger partial charge >= 0.3 is 0 Å². The number of carbonyl (C=O) groups is 2. The van der Waals surface area contributed by atoms with Crippen LogP contribution in [0.2, 0.25) is 0 Å². The maximum absolute atomic E-state index is 12.3. The van der Waals surface area contributed by atoms with E-state index in [1.807, 2.05) is 12.1 Å². The van der Waals surface area contributed by atoms with Gasteiger partial charge in [-0.3, -0.25) is 9.59 Å². The first kappa shape index (κ1) is 21.0. The van der Waals surface area contributed by atoms with Crippen LogP contribution >= 0.6 is 0 Å². The van der Waals surface area contributed by atoms with Crippen LogP contribution in [0.15, 0.2) is 60.9 Å². The minimum atomic E-state index is -0.386. The number of hydrogen-bond donors (Lipinski definition) is 3. The summed E-state index contributed by atoms with van der Waals surface area (Å²) in [5.74, 6) is -0.155. The zero-order valence-electron chi connectivity index (χ0n) is 17.1. The molecule has 0 aliphatic carbocycles. The third kappa shape index (κ3) is 5.41. The van der Waals surface area contributed by atoms with Gasteiger partial charge in [-0.25, -0.2) is 9.97 Å². The maximum Gasteiger partial charge on any atom is 0.251 e. The summed E-state index contributed by atoms with van der Waals surface area (Å²) >= 11 is 0. The molecule has 0 spiro atoms. The summed E-state index contributed by atoms with van der Waals surface area (Å²) < 4.78 is 0. The smallest absolute Gasteiger partial charge is 0.251 e. The van der Waals surface area contributed by atoms with Crippen molar-refractivity contribution in [1.29, 1.82) is 0 Å². The van der Waals surface area contributed by atoms with Crippen molar-refractivity contribution in [2.45, 2.75) is 26.2 Å². The van der Waals surface area contributed by atoms with Gasteiger partial charge in [0.15, 0.2) is 5.82 Å². The van der Waals surface area contributed by atoms with Gasteiger partial charge < -0.3 is 15.7 Å². The zero-order chi connectivity index (χ0) is 21.7. The first-order chi connectivity index (χ1) is 14.2. The van der Waals surface area contributed by atoms with Crippen LogP contribution in [0.5, 0.6) is 5.75 Å². The second-order valence-electron chi connectivity index (χ2n) is 7.90. The van der Waals surface area contributed by atoms with Crippen molar-refractivity contribution < 1.29 is 14.7 Å². The molecule has 3 N–H and O–H groups in total. The van der Waals surface area contributed by atoms with E-state index in [0.29, 0.717) is 22.6 Å². The molecule has 7 nitrogen and oxygen atoms in total. The highest BCUT2D eigenvalue weighted by atomic mass is 16.3. The highest BCUT2D eigenvalue weighted by Crippen LogP contribution is 2.22. The highest BCUT2D eigenvalue weighted by molar-refractivity contribution is 5.99. The molecule has 0 aliphatic rings. The van der Waals surface area contributed by atoms with E-state index < -0.39 is 0 Å². The normalized spacial score (nSPS) is 11.0. The predicted octanol–water partition coefficient (Wildman–Crippen LogP) is 3.52. The van der Waals surface area contributed by atoms with Gasteiger partial charge in [-0.05, 0) is 35.2 Å². The van der Waals surface area contributed by atoms with Crippen molar-refractivity contribution in [3.8, 4) is 17.1 Å². The van der Waals surface area contributed by atoms with E-state index in [-0.39, 0.29) is 29.5 Å². The quantitative estimate of drug-likeness (QED) is 0.604. The molecule has 1 heterocycles. The number of phenols is 1. The Bertz CT molecular complexity index is 1040. The number of anilines is 1. The number of rotatable bonds is 5. The second kappa shape index (κ2) is 8.73. The zero-order valence-corrected chi connectivity index (χ0v) is 17.1. The third-order valence-electron chi connectivity index (χ3n) is 4.46. The highest BCUT2D eigenvalue weighted by Gasteiger charge is 2.15. The first-order valence-electron chi connectivity index (χ1n) is 9.52. The Hall–Kier alpha value is -3.74. The van der Waals surface area contributed by atoms with Crippen LogP contribution in [0.3, 0.4) is 0 Å². The average Bonchev–Trinajstić information content (AvgIpc) is 2.72. The van der Waals surface area contributed by atoms with E-state index in [9.17, 15) is 14.7 Å². The van der Waals surface area contributed by atoms with Crippen molar-refractivity contribution in [2.75, 3.05) is 11.9 Å². The lowest BCUT2D eigenvalue weighted by atomic mass is 9.87. The van der Waals surface area contributed by atoms with Gasteiger partial charge in [-0.2, -0.15) is 0 Å². The second-order valence-corrected chi connectivity index (χ2v) is 7.90. The van der Waals surface area contributed by atoms with E-state index in [0.717, 1.165) is 5.56 Å². The topological polar surface area (TPSA) is 104 Å². The molecule has 0 unspecified atom stereocenters. The van der Waals surface area contributed by atoms with Crippen LogP contribution in [-0.4, -0.2) is 33.4 Å². The van der Waals surface area contributed by atoms with Crippen LogP contribution in [0.25, 0.3) is 11.4 Å². The van der Waals surface area contributed by atoms with Gasteiger partial charge in [0.1, 0.15) is 5.75 Å². The molecule has 0 bridgehead atoms. The number of benzene rings is 2. The Morgan fingerprint density at radius 1 is 1.00 bits per heavy atom. The summed E-state index contributed by atoms with van der Waals surface area (Å²) in [7, 11) is 0. The fourth-order valence-electron chi connectivity index (χ4n) is 2.78. The molecule has 0 saturated carbocycles. The molecule has 1 aromatic heterocycles. The lowest BCUT2D eigenvalue weighted by Gasteiger charge is -2.19. The van der Waals surface area contributed by atoms with E-state index >= 15 is 0 Å². The van der Waals surface area contributed by atoms with E-state index in [4.69, 9.17) is 0 Å². The maximum atomic E-state index is 12.3. The molecule has 0 fully saturated rings. The molecule has 0 radical (unpaired) electrons. The molecule has 3 aromatic rings. The Kier molecular flexibility index (Phi) is 6.11. The summed E-state index contributed by atoms with van der Waals surface area (Å²) in [4.78, 5) is 32.8. The SMILES string of the molecule is CC(C)(C)c1ccc(C(=O)NCC(=O)Nc2cnc(-c3cccc(O)c3)nc2)cc1. The standard InChI is InChI=1S/C23H24N4O3/c1-23(2,3)17-9-7-15(8-10-17)22(30)26-14-20(29)27-18-12-24-21(25-13-18)16-5-4-6-19(28)11-16/h4-13,28H,14H2,1-3H3,(H,26,30)(H,27,29). The first-order valence-corrected chi connectivity index (χ1v) is 9.52. The van der Waals surface area contributed by atoms with E-state index in [2.05, 4.69) is 41.4 Å². The van der Waals surface area contributed by atoms with Gasteiger partial charge in [0.2, 0.25) is 5.91 Å². The van der Waals surface area contributed by atoms with Gasteiger partial charge in [0.25, 0.3) is 5.91 Å². The van der Waals surface area contributed by atoms with Crippen molar-refractivity contribution in [3.05, 3.63) is 72.1 Å². The van der Waals surface area contributed by atoms with Crippen molar-refractivity contribution in [3.63, 3.8) is 0 Å². The lowest BCUT2D eigenvalue weighted by Crippen LogP contribution is -2.32. The van der Waals surface area contributed by atoms with Crippen LogP contribution in [-0.2, 0) is 10.2 Å².